The van der Waals surface area contributed by atoms with E-state index in [-0.39, 0.29) is 12.0 Å². The number of nitrogens with one attached hydrogen (secondary N) is 1. The maximum absolute atomic E-state index is 11.7. The molecule has 1 unspecified atom stereocenters. The van der Waals surface area contributed by atoms with Crippen molar-refractivity contribution < 1.29 is 9.90 Å². The van der Waals surface area contributed by atoms with Crippen molar-refractivity contribution in [1.82, 2.24) is 5.32 Å². The van der Waals surface area contributed by atoms with Gasteiger partial charge in [0.05, 0.1) is 11.6 Å². The minimum Gasteiger partial charge on any atom is -0.393 e. The molecule has 0 aromatic heterocycles. The number of aliphatic hydroxyl groups is 1. The SMILES string of the molecule is CC(O)CCCNC(=O)C1(N)CCCC1. The Morgan fingerprint density at radius 3 is 2.67 bits per heavy atom. The third-order valence-electron chi connectivity index (χ3n) is 3.03. The van der Waals surface area contributed by atoms with E-state index in [2.05, 4.69) is 5.32 Å². The quantitative estimate of drug-likeness (QED) is 0.584. The van der Waals surface area contributed by atoms with Crippen molar-refractivity contribution in [3.8, 4) is 0 Å². The molecular formula is C11H22N2O2. The second-order valence-corrected chi connectivity index (χ2v) is 4.61. The summed E-state index contributed by atoms with van der Waals surface area (Å²) in [4.78, 5) is 11.7. The second kappa shape index (κ2) is 5.47. The summed E-state index contributed by atoms with van der Waals surface area (Å²) in [5.41, 5.74) is 5.36. The second-order valence-electron chi connectivity index (χ2n) is 4.61. The number of hydrogen-bond donors (Lipinski definition) is 3. The molecule has 0 aromatic carbocycles. The third-order valence-corrected chi connectivity index (χ3v) is 3.03. The fourth-order valence-corrected chi connectivity index (χ4v) is 2.01. The lowest BCUT2D eigenvalue weighted by Gasteiger charge is -2.22. The molecule has 4 nitrogen and oxygen atoms in total. The van der Waals surface area contributed by atoms with Crippen molar-refractivity contribution in [1.29, 1.82) is 0 Å². The lowest BCUT2D eigenvalue weighted by atomic mass is 9.98. The number of amides is 1. The van der Waals surface area contributed by atoms with E-state index in [1.54, 1.807) is 6.92 Å². The first-order valence-corrected chi connectivity index (χ1v) is 5.80. The van der Waals surface area contributed by atoms with Crippen LogP contribution in [0.1, 0.15) is 45.4 Å². The molecule has 0 aromatic rings. The Morgan fingerprint density at radius 1 is 1.53 bits per heavy atom. The first-order valence-electron chi connectivity index (χ1n) is 5.80. The van der Waals surface area contributed by atoms with Crippen LogP contribution in [0, 0.1) is 0 Å². The van der Waals surface area contributed by atoms with Gasteiger partial charge in [0, 0.05) is 6.54 Å². The number of aliphatic hydroxyl groups excluding tert-OH is 1. The van der Waals surface area contributed by atoms with Gasteiger partial charge in [-0.25, -0.2) is 0 Å². The molecule has 1 aliphatic rings. The Morgan fingerprint density at radius 2 is 2.13 bits per heavy atom. The van der Waals surface area contributed by atoms with Crippen molar-refractivity contribution in [3.05, 3.63) is 0 Å². The Bertz CT molecular complexity index is 211. The minimum absolute atomic E-state index is 0.0226. The van der Waals surface area contributed by atoms with Crippen molar-refractivity contribution in [2.45, 2.75) is 57.1 Å². The maximum Gasteiger partial charge on any atom is 0.240 e. The molecule has 0 heterocycles. The van der Waals surface area contributed by atoms with Gasteiger partial charge in [-0.1, -0.05) is 12.8 Å². The fourth-order valence-electron chi connectivity index (χ4n) is 2.01. The van der Waals surface area contributed by atoms with Crippen LogP contribution in [0.2, 0.25) is 0 Å². The third kappa shape index (κ3) is 3.80. The monoisotopic (exact) mass is 214 g/mol. The Hall–Kier alpha value is -0.610. The van der Waals surface area contributed by atoms with Gasteiger partial charge in [0.1, 0.15) is 0 Å². The van der Waals surface area contributed by atoms with Crippen LogP contribution in [0.5, 0.6) is 0 Å². The summed E-state index contributed by atoms with van der Waals surface area (Å²) in [5, 5.41) is 11.9. The molecule has 1 rings (SSSR count). The van der Waals surface area contributed by atoms with E-state index in [9.17, 15) is 4.79 Å². The molecule has 0 saturated heterocycles. The summed E-state index contributed by atoms with van der Waals surface area (Å²) in [6.45, 7) is 2.37. The molecule has 0 radical (unpaired) electrons. The summed E-state index contributed by atoms with van der Waals surface area (Å²) in [6, 6.07) is 0. The van der Waals surface area contributed by atoms with Crippen LogP contribution in [-0.4, -0.2) is 29.2 Å². The van der Waals surface area contributed by atoms with Crippen molar-refractivity contribution in [2.24, 2.45) is 5.73 Å². The first kappa shape index (κ1) is 12.5. The van der Waals surface area contributed by atoms with Crippen LogP contribution in [0.25, 0.3) is 0 Å². The van der Waals surface area contributed by atoms with Gasteiger partial charge >= 0.3 is 0 Å². The minimum atomic E-state index is -0.620. The lowest BCUT2D eigenvalue weighted by Crippen LogP contribution is -2.52. The predicted molar refractivity (Wildman–Crippen MR) is 59.3 cm³/mol. The zero-order valence-electron chi connectivity index (χ0n) is 9.46. The molecule has 1 saturated carbocycles. The molecule has 4 heteroatoms. The average molecular weight is 214 g/mol. The summed E-state index contributed by atoms with van der Waals surface area (Å²) in [6.07, 6.45) is 4.94. The number of rotatable bonds is 5. The summed E-state index contributed by atoms with van der Waals surface area (Å²) >= 11 is 0. The van der Waals surface area contributed by atoms with E-state index >= 15 is 0 Å². The number of carbonyl (C=O) groups is 1. The standard InChI is InChI=1S/C11H22N2O2/c1-9(14)5-4-8-13-10(15)11(12)6-2-3-7-11/h9,14H,2-8,12H2,1H3,(H,13,15). The van der Waals surface area contributed by atoms with Crippen LogP contribution in [0.4, 0.5) is 0 Å². The molecule has 1 fully saturated rings. The van der Waals surface area contributed by atoms with E-state index in [0.29, 0.717) is 6.54 Å². The highest BCUT2D eigenvalue weighted by molar-refractivity contribution is 5.86. The van der Waals surface area contributed by atoms with Crippen molar-refractivity contribution in [3.63, 3.8) is 0 Å². The largest absolute Gasteiger partial charge is 0.393 e. The van der Waals surface area contributed by atoms with E-state index in [1.807, 2.05) is 0 Å². The molecule has 4 N–H and O–H groups in total. The van der Waals surface area contributed by atoms with Gasteiger partial charge in [0.2, 0.25) is 5.91 Å². The van der Waals surface area contributed by atoms with E-state index in [1.165, 1.54) is 0 Å². The van der Waals surface area contributed by atoms with E-state index in [0.717, 1.165) is 38.5 Å². The zero-order chi connectivity index (χ0) is 11.3. The highest BCUT2D eigenvalue weighted by Gasteiger charge is 2.36. The Balaban J connectivity index is 2.18. The highest BCUT2D eigenvalue weighted by atomic mass is 16.3. The van der Waals surface area contributed by atoms with Gasteiger partial charge in [-0.2, -0.15) is 0 Å². The molecule has 1 atom stereocenters. The summed E-state index contributed by atoms with van der Waals surface area (Å²) in [5.74, 6) is -0.0226. The van der Waals surface area contributed by atoms with Gasteiger partial charge in [-0.05, 0) is 32.6 Å². The number of nitrogens with two attached hydrogens (primary N) is 1. The Labute approximate surface area is 91.2 Å². The first-order chi connectivity index (χ1) is 7.04. The normalized spacial score (nSPS) is 21.3. The van der Waals surface area contributed by atoms with Crippen molar-refractivity contribution in [2.75, 3.05) is 6.54 Å². The van der Waals surface area contributed by atoms with Crippen LogP contribution in [0.15, 0.2) is 0 Å². The smallest absolute Gasteiger partial charge is 0.240 e. The molecule has 0 bridgehead atoms. The van der Waals surface area contributed by atoms with Crippen LogP contribution in [0.3, 0.4) is 0 Å². The molecule has 1 amide bonds. The van der Waals surface area contributed by atoms with Crippen molar-refractivity contribution >= 4 is 5.91 Å². The molecule has 0 spiro atoms. The van der Waals surface area contributed by atoms with E-state index in [4.69, 9.17) is 10.8 Å². The van der Waals surface area contributed by atoms with Crippen LogP contribution >= 0.6 is 0 Å². The topological polar surface area (TPSA) is 75.3 Å². The maximum atomic E-state index is 11.7. The van der Waals surface area contributed by atoms with Gasteiger partial charge in [0.15, 0.2) is 0 Å². The van der Waals surface area contributed by atoms with E-state index < -0.39 is 5.54 Å². The van der Waals surface area contributed by atoms with Gasteiger partial charge in [-0.3, -0.25) is 4.79 Å². The number of carbonyl (C=O) groups excluding carboxylic acids is 1. The molecule has 88 valence electrons. The zero-order valence-corrected chi connectivity index (χ0v) is 9.46. The molecule has 0 aliphatic heterocycles. The summed E-state index contributed by atoms with van der Waals surface area (Å²) < 4.78 is 0. The Kier molecular flexibility index (Phi) is 4.54. The summed E-state index contributed by atoms with van der Waals surface area (Å²) in [7, 11) is 0. The van der Waals surface area contributed by atoms with Crippen LogP contribution < -0.4 is 11.1 Å². The van der Waals surface area contributed by atoms with Gasteiger partial charge in [0.25, 0.3) is 0 Å². The van der Waals surface area contributed by atoms with Crippen LogP contribution in [-0.2, 0) is 4.79 Å². The van der Waals surface area contributed by atoms with Gasteiger partial charge in [-0.15, -0.1) is 0 Å². The predicted octanol–water partition coefficient (Wildman–Crippen LogP) is 0.535. The van der Waals surface area contributed by atoms with Gasteiger partial charge < -0.3 is 16.2 Å². The highest BCUT2D eigenvalue weighted by Crippen LogP contribution is 2.27. The fraction of sp³-hybridized carbons (Fsp3) is 0.909. The number of hydrogen-bond acceptors (Lipinski definition) is 3. The molecule has 15 heavy (non-hydrogen) atoms. The lowest BCUT2D eigenvalue weighted by molar-refractivity contribution is -0.126. The molecule has 1 aliphatic carbocycles. The average Bonchev–Trinajstić information content (AvgIpc) is 2.60. The molecular weight excluding hydrogens is 192 g/mol.